The van der Waals surface area contributed by atoms with E-state index in [-0.39, 0.29) is 11.4 Å². The Morgan fingerprint density at radius 3 is 2.80 bits per heavy atom. The average molecular weight is 340 g/mol. The number of nitrogens with zero attached hydrogens (tertiary/aromatic N) is 3. The van der Waals surface area contributed by atoms with Gasteiger partial charge in [-0.3, -0.25) is 9.36 Å². The van der Waals surface area contributed by atoms with Crippen LogP contribution in [0.4, 0.5) is 16.0 Å². The van der Waals surface area contributed by atoms with Gasteiger partial charge in [0.2, 0.25) is 5.95 Å². The van der Waals surface area contributed by atoms with E-state index in [1.165, 1.54) is 6.07 Å². The zero-order valence-electron chi connectivity index (χ0n) is 14.4. The van der Waals surface area contributed by atoms with Crippen molar-refractivity contribution in [2.24, 2.45) is 0 Å². The molecular formula is C19H21FN4O. The van der Waals surface area contributed by atoms with Crippen LogP contribution in [-0.2, 0) is 6.54 Å². The van der Waals surface area contributed by atoms with Crippen molar-refractivity contribution >= 4 is 22.7 Å². The Hall–Kier alpha value is -2.76. The first-order valence-corrected chi connectivity index (χ1v) is 8.48. The van der Waals surface area contributed by atoms with Crippen LogP contribution in [0.2, 0.25) is 0 Å². The van der Waals surface area contributed by atoms with Gasteiger partial charge in [-0.1, -0.05) is 19.8 Å². The number of nitrogens with one attached hydrogen (secondary N) is 1. The number of anilines is 2. The van der Waals surface area contributed by atoms with Crippen molar-refractivity contribution in [3.05, 3.63) is 58.3 Å². The summed E-state index contributed by atoms with van der Waals surface area (Å²) in [6, 6.07) is 8.02. The SMILES string of the molecule is CCCCCn1c(=O)ccc2cnc(Nc3ccc(F)c(C)c3)nc21. The van der Waals surface area contributed by atoms with Gasteiger partial charge in [0.05, 0.1) is 0 Å². The van der Waals surface area contributed by atoms with Crippen molar-refractivity contribution in [1.29, 1.82) is 0 Å². The van der Waals surface area contributed by atoms with Crippen LogP contribution in [0.5, 0.6) is 0 Å². The van der Waals surface area contributed by atoms with Crippen LogP contribution >= 0.6 is 0 Å². The van der Waals surface area contributed by atoms with Crippen molar-refractivity contribution in [2.45, 2.75) is 39.7 Å². The molecule has 1 aromatic carbocycles. The number of aromatic nitrogens is 3. The third kappa shape index (κ3) is 3.84. The summed E-state index contributed by atoms with van der Waals surface area (Å²) >= 11 is 0. The fourth-order valence-corrected chi connectivity index (χ4v) is 2.72. The number of aryl methyl sites for hydroxylation is 2. The van der Waals surface area contributed by atoms with Crippen LogP contribution in [0.25, 0.3) is 11.0 Å². The molecule has 0 saturated carbocycles. The molecule has 0 spiro atoms. The predicted molar refractivity (Wildman–Crippen MR) is 97.7 cm³/mol. The number of benzene rings is 1. The molecule has 0 aliphatic carbocycles. The van der Waals surface area contributed by atoms with Gasteiger partial charge in [-0.25, -0.2) is 9.37 Å². The maximum Gasteiger partial charge on any atom is 0.252 e. The number of hydrogen-bond donors (Lipinski definition) is 1. The highest BCUT2D eigenvalue weighted by Gasteiger charge is 2.08. The smallest absolute Gasteiger partial charge is 0.252 e. The van der Waals surface area contributed by atoms with Gasteiger partial charge in [-0.05, 0) is 43.2 Å². The lowest BCUT2D eigenvalue weighted by atomic mass is 10.2. The number of unbranched alkanes of at least 4 members (excludes halogenated alkanes) is 2. The molecule has 3 rings (SSSR count). The van der Waals surface area contributed by atoms with Crippen LogP contribution < -0.4 is 10.9 Å². The predicted octanol–water partition coefficient (Wildman–Crippen LogP) is 4.17. The fraction of sp³-hybridized carbons (Fsp3) is 0.316. The third-order valence-electron chi connectivity index (χ3n) is 4.12. The molecule has 0 aliphatic rings. The average Bonchev–Trinajstić information content (AvgIpc) is 2.60. The van der Waals surface area contributed by atoms with Crippen molar-refractivity contribution < 1.29 is 4.39 Å². The van der Waals surface area contributed by atoms with E-state index >= 15 is 0 Å². The monoisotopic (exact) mass is 340 g/mol. The van der Waals surface area contributed by atoms with Gasteiger partial charge in [-0.2, -0.15) is 4.98 Å². The van der Waals surface area contributed by atoms with Crippen LogP contribution in [-0.4, -0.2) is 14.5 Å². The standard InChI is InChI=1S/C19H21FN4O/c1-3-4-5-10-24-17(25)9-6-14-12-21-19(23-18(14)24)22-15-7-8-16(20)13(2)11-15/h6-9,11-12H,3-5,10H2,1-2H3,(H,21,22,23). The van der Waals surface area contributed by atoms with Crippen LogP contribution in [0, 0.1) is 12.7 Å². The lowest BCUT2D eigenvalue weighted by molar-refractivity contribution is 0.599. The molecule has 130 valence electrons. The summed E-state index contributed by atoms with van der Waals surface area (Å²) in [5, 5.41) is 3.89. The summed E-state index contributed by atoms with van der Waals surface area (Å²) in [5.74, 6) is 0.128. The largest absolute Gasteiger partial charge is 0.324 e. The Morgan fingerprint density at radius 2 is 2.04 bits per heavy atom. The number of hydrogen-bond acceptors (Lipinski definition) is 4. The van der Waals surface area contributed by atoms with E-state index in [4.69, 9.17) is 0 Å². The molecule has 0 saturated heterocycles. The van der Waals surface area contributed by atoms with E-state index in [2.05, 4.69) is 22.2 Å². The Kier molecular flexibility index (Phi) is 5.07. The Labute approximate surface area is 145 Å². The van der Waals surface area contributed by atoms with Gasteiger partial charge in [0.25, 0.3) is 5.56 Å². The molecule has 0 bridgehead atoms. The lowest BCUT2D eigenvalue weighted by Crippen LogP contribution is -2.20. The molecule has 0 amide bonds. The summed E-state index contributed by atoms with van der Waals surface area (Å²) < 4.78 is 15.1. The van der Waals surface area contributed by atoms with E-state index < -0.39 is 0 Å². The minimum absolute atomic E-state index is 0.0640. The van der Waals surface area contributed by atoms with Crippen molar-refractivity contribution in [3.8, 4) is 0 Å². The van der Waals surface area contributed by atoms with E-state index in [0.717, 1.165) is 24.6 Å². The molecule has 1 N–H and O–H groups in total. The summed E-state index contributed by atoms with van der Waals surface area (Å²) in [6.45, 7) is 4.46. The summed E-state index contributed by atoms with van der Waals surface area (Å²) in [4.78, 5) is 21.0. The zero-order chi connectivity index (χ0) is 17.8. The lowest BCUT2D eigenvalue weighted by Gasteiger charge is -2.11. The molecule has 3 aromatic rings. The molecule has 2 aromatic heterocycles. The first kappa shape index (κ1) is 17.1. The zero-order valence-corrected chi connectivity index (χ0v) is 14.4. The maximum absolute atomic E-state index is 13.4. The van der Waals surface area contributed by atoms with E-state index in [9.17, 15) is 9.18 Å². The summed E-state index contributed by atoms with van der Waals surface area (Å²) in [7, 11) is 0. The molecule has 2 heterocycles. The molecular weight excluding hydrogens is 319 g/mol. The van der Waals surface area contributed by atoms with Gasteiger partial charge in [-0.15, -0.1) is 0 Å². The number of fused-ring (bicyclic) bond motifs is 1. The van der Waals surface area contributed by atoms with Crippen LogP contribution in [0.15, 0.2) is 41.3 Å². The molecule has 0 atom stereocenters. The minimum atomic E-state index is -0.255. The first-order chi connectivity index (χ1) is 12.1. The van der Waals surface area contributed by atoms with E-state index in [1.54, 1.807) is 42.0 Å². The molecule has 6 heteroatoms. The highest BCUT2D eigenvalue weighted by Crippen LogP contribution is 2.18. The van der Waals surface area contributed by atoms with Crippen LogP contribution in [0.1, 0.15) is 31.7 Å². The van der Waals surface area contributed by atoms with E-state index in [0.29, 0.717) is 29.4 Å². The molecule has 0 unspecified atom stereocenters. The van der Waals surface area contributed by atoms with Crippen molar-refractivity contribution in [2.75, 3.05) is 5.32 Å². The molecule has 5 nitrogen and oxygen atoms in total. The van der Waals surface area contributed by atoms with E-state index in [1.807, 2.05) is 0 Å². The second kappa shape index (κ2) is 7.42. The fourth-order valence-electron chi connectivity index (χ4n) is 2.72. The summed E-state index contributed by atoms with van der Waals surface area (Å²) in [6.07, 6.45) is 4.77. The van der Waals surface area contributed by atoms with Gasteiger partial charge >= 0.3 is 0 Å². The second-order valence-electron chi connectivity index (χ2n) is 6.09. The van der Waals surface area contributed by atoms with Crippen molar-refractivity contribution in [1.82, 2.24) is 14.5 Å². The quantitative estimate of drug-likeness (QED) is 0.684. The van der Waals surface area contributed by atoms with Gasteiger partial charge in [0.15, 0.2) is 0 Å². The molecule has 0 aliphatic heterocycles. The Bertz CT molecular complexity index is 952. The number of rotatable bonds is 6. The topological polar surface area (TPSA) is 59.8 Å². The first-order valence-electron chi connectivity index (χ1n) is 8.48. The number of pyridine rings is 1. The summed E-state index contributed by atoms with van der Waals surface area (Å²) in [5.41, 5.74) is 1.79. The molecule has 0 radical (unpaired) electrons. The maximum atomic E-state index is 13.4. The van der Waals surface area contributed by atoms with Gasteiger partial charge < -0.3 is 5.32 Å². The van der Waals surface area contributed by atoms with Crippen LogP contribution in [0.3, 0.4) is 0 Å². The second-order valence-corrected chi connectivity index (χ2v) is 6.09. The van der Waals surface area contributed by atoms with Crippen molar-refractivity contribution in [3.63, 3.8) is 0 Å². The Balaban J connectivity index is 1.95. The normalized spacial score (nSPS) is 11.0. The third-order valence-corrected chi connectivity index (χ3v) is 4.12. The minimum Gasteiger partial charge on any atom is -0.324 e. The highest BCUT2D eigenvalue weighted by molar-refractivity contribution is 5.75. The van der Waals surface area contributed by atoms with Gasteiger partial charge in [0.1, 0.15) is 11.5 Å². The van der Waals surface area contributed by atoms with Gasteiger partial charge in [0, 0.05) is 29.9 Å². The molecule has 0 fully saturated rings. The number of halogens is 1. The highest BCUT2D eigenvalue weighted by atomic mass is 19.1. The Morgan fingerprint density at radius 1 is 1.20 bits per heavy atom. The molecule has 25 heavy (non-hydrogen) atoms.